The van der Waals surface area contributed by atoms with Crippen molar-refractivity contribution in [2.75, 3.05) is 6.54 Å². The van der Waals surface area contributed by atoms with Crippen molar-refractivity contribution in [1.29, 1.82) is 0 Å². The molecule has 0 bridgehead atoms. The van der Waals surface area contributed by atoms with Gasteiger partial charge in [-0.05, 0) is 32.4 Å². The normalized spacial score (nSPS) is 12.8. The molecule has 0 saturated heterocycles. The summed E-state index contributed by atoms with van der Waals surface area (Å²) in [6.07, 6.45) is 1.02. The number of benzene rings is 1. The summed E-state index contributed by atoms with van der Waals surface area (Å²) in [5.41, 5.74) is 0.0981. The first-order valence-corrected chi connectivity index (χ1v) is 5.53. The third kappa shape index (κ3) is 4.75. The third-order valence-electron chi connectivity index (χ3n) is 2.38. The lowest BCUT2D eigenvalue weighted by Crippen LogP contribution is -2.17. The second kappa shape index (κ2) is 6.61. The van der Waals surface area contributed by atoms with Gasteiger partial charge in [-0.15, -0.1) is 0 Å². The van der Waals surface area contributed by atoms with E-state index in [4.69, 9.17) is 5.11 Å². The van der Waals surface area contributed by atoms with E-state index in [0.29, 0.717) is 19.0 Å². The molecule has 1 rings (SSSR count). The van der Waals surface area contributed by atoms with Gasteiger partial charge in [-0.3, -0.25) is 0 Å². The molecule has 0 radical (unpaired) electrons. The Hall–Kier alpha value is -1.07. The van der Waals surface area contributed by atoms with E-state index >= 15 is 0 Å². The summed E-state index contributed by atoms with van der Waals surface area (Å²) in [5.74, 6) is -2.99. The van der Waals surface area contributed by atoms with Crippen LogP contribution in [0.1, 0.15) is 25.3 Å². The number of rotatable bonds is 6. The van der Waals surface area contributed by atoms with Crippen molar-refractivity contribution in [3.05, 3.63) is 35.1 Å². The van der Waals surface area contributed by atoms with Crippen molar-refractivity contribution in [3.63, 3.8) is 0 Å². The fourth-order valence-corrected chi connectivity index (χ4v) is 1.44. The van der Waals surface area contributed by atoms with Gasteiger partial charge in [0.25, 0.3) is 0 Å². The minimum atomic E-state index is -1.18. The fourth-order valence-electron chi connectivity index (χ4n) is 1.44. The van der Waals surface area contributed by atoms with Crippen LogP contribution >= 0.6 is 0 Å². The Morgan fingerprint density at radius 3 is 2.47 bits per heavy atom. The fraction of sp³-hybridized carbons (Fsp3) is 0.500. The first-order valence-electron chi connectivity index (χ1n) is 5.53. The first kappa shape index (κ1) is 14.0. The Morgan fingerprint density at radius 1 is 1.18 bits per heavy atom. The van der Waals surface area contributed by atoms with E-state index < -0.39 is 17.5 Å². The summed E-state index contributed by atoms with van der Waals surface area (Å²) >= 11 is 0. The van der Waals surface area contributed by atoms with Crippen LogP contribution in [0.3, 0.4) is 0 Å². The topological polar surface area (TPSA) is 32.3 Å². The Bertz CT molecular complexity index is 369. The van der Waals surface area contributed by atoms with E-state index in [1.54, 1.807) is 6.92 Å². The summed E-state index contributed by atoms with van der Waals surface area (Å²) in [6.45, 7) is 2.42. The minimum absolute atomic E-state index is 0.0981. The van der Waals surface area contributed by atoms with E-state index in [1.807, 2.05) is 0 Å². The molecule has 17 heavy (non-hydrogen) atoms. The van der Waals surface area contributed by atoms with Gasteiger partial charge in [-0.25, -0.2) is 13.2 Å². The SMILES string of the molecule is CC(O)CCCNCc1cc(F)c(F)cc1F. The van der Waals surface area contributed by atoms with E-state index in [1.165, 1.54) is 0 Å². The number of nitrogens with one attached hydrogen (secondary N) is 1. The van der Waals surface area contributed by atoms with Crippen LogP contribution in [0.5, 0.6) is 0 Å². The quantitative estimate of drug-likeness (QED) is 0.597. The highest BCUT2D eigenvalue weighted by Crippen LogP contribution is 2.13. The predicted molar refractivity (Wildman–Crippen MR) is 58.9 cm³/mol. The van der Waals surface area contributed by atoms with Crippen LogP contribution in [0, 0.1) is 17.5 Å². The van der Waals surface area contributed by atoms with Gasteiger partial charge in [0.2, 0.25) is 0 Å². The van der Waals surface area contributed by atoms with Crippen molar-refractivity contribution >= 4 is 0 Å². The van der Waals surface area contributed by atoms with E-state index in [2.05, 4.69) is 5.32 Å². The van der Waals surface area contributed by atoms with Gasteiger partial charge in [0.1, 0.15) is 5.82 Å². The van der Waals surface area contributed by atoms with Crippen LogP contribution in [0.4, 0.5) is 13.2 Å². The highest BCUT2D eigenvalue weighted by atomic mass is 19.2. The molecule has 0 amide bonds. The lowest BCUT2D eigenvalue weighted by Gasteiger charge is -2.07. The van der Waals surface area contributed by atoms with Crippen molar-refractivity contribution in [3.8, 4) is 0 Å². The number of hydrogen-bond acceptors (Lipinski definition) is 2. The van der Waals surface area contributed by atoms with Crippen LogP contribution in [0.2, 0.25) is 0 Å². The predicted octanol–water partition coefficient (Wildman–Crippen LogP) is 2.35. The van der Waals surface area contributed by atoms with Gasteiger partial charge in [-0.2, -0.15) is 0 Å². The maximum absolute atomic E-state index is 13.2. The molecule has 0 fully saturated rings. The Balaban J connectivity index is 2.39. The monoisotopic (exact) mass is 247 g/mol. The Labute approximate surface area is 98.5 Å². The van der Waals surface area contributed by atoms with E-state index in [0.717, 1.165) is 12.5 Å². The highest BCUT2D eigenvalue weighted by Gasteiger charge is 2.09. The van der Waals surface area contributed by atoms with E-state index in [9.17, 15) is 13.2 Å². The van der Waals surface area contributed by atoms with Gasteiger partial charge in [0.05, 0.1) is 6.10 Å². The van der Waals surface area contributed by atoms with Crippen LogP contribution in [-0.2, 0) is 6.54 Å². The van der Waals surface area contributed by atoms with Gasteiger partial charge in [-0.1, -0.05) is 0 Å². The average molecular weight is 247 g/mol. The molecule has 0 aliphatic rings. The molecule has 0 aliphatic carbocycles. The average Bonchev–Trinajstić information content (AvgIpc) is 2.24. The largest absolute Gasteiger partial charge is 0.393 e. The van der Waals surface area contributed by atoms with Crippen LogP contribution in [-0.4, -0.2) is 17.8 Å². The molecule has 2 N–H and O–H groups in total. The molecule has 0 heterocycles. The molecular weight excluding hydrogens is 231 g/mol. The number of halogens is 3. The molecule has 1 aromatic carbocycles. The maximum atomic E-state index is 13.2. The molecule has 1 unspecified atom stereocenters. The van der Waals surface area contributed by atoms with Crippen LogP contribution in [0.25, 0.3) is 0 Å². The standard InChI is InChI=1S/C12H16F3NO/c1-8(17)3-2-4-16-7-9-5-11(14)12(15)6-10(9)13/h5-6,8,16-17H,2-4,7H2,1H3. The molecule has 2 nitrogen and oxygen atoms in total. The zero-order valence-corrected chi connectivity index (χ0v) is 9.64. The van der Waals surface area contributed by atoms with E-state index in [-0.39, 0.29) is 18.2 Å². The van der Waals surface area contributed by atoms with Crippen molar-refractivity contribution in [1.82, 2.24) is 5.32 Å². The molecule has 0 aliphatic heterocycles. The molecule has 0 aromatic heterocycles. The van der Waals surface area contributed by atoms with Crippen molar-refractivity contribution < 1.29 is 18.3 Å². The van der Waals surface area contributed by atoms with Crippen molar-refractivity contribution in [2.24, 2.45) is 0 Å². The minimum Gasteiger partial charge on any atom is -0.393 e. The summed E-state index contributed by atoms with van der Waals surface area (Å²) in [5, 5.41) is 11.9. The first-order chi connectivity index (χ1) is 8.00. The van der Waals surface area contributed by atoms with Gasteiger partial charge in [0, 0.05) is 18.2 Å². The Kier molecular flexibility index (Phi) is 5.44. The number of hydrogen-bond donors (Lipinski definition) is 2. The molecule has 0 spiro atoms. The van der Waals surface area contributed by atoms with Gasteiger partial charge < -0.3 is 10.4 Å². The molecule has 96 valence electrons. The summed E-state index contributed by atoms with van der Waals surface area (Å²) < 4.78 is 38.6. The highest BCUT2D eigenvalue weighted by molar-refractivity contribution is 5.19. The molecule has 1 aromatic rings. The summed E-state index contributed by atoms with van der Waals surface area (Å²) in [6, 6.07) is 1.40. The maximum Gasteiger partial charge on any atom is 0.161 e. The zero-order chi connectivity index (χ0) is 12.8. The number of aliphatic hydroxyl groups excluding tert-OH is 1. The summed E-state index contributed by atoms with van der Waals surface area (Å²) in [4.78, 5) is 0. The Morgan fingerprint density at radius 2 is 1.82 bits per heavy atom. The lowest BCUT2D eigenvalue weighted by atomic mass is 10.2. The third-order valence-corrected chi connectivity index (χ3v) is 2.38. The summed E-state index contributed by atoms with van der Waals surface area (Å²) in [7, 11) is 0. The second-order valence-electron chi connectivity index (χ2n) is 4.03. The second-order valence-corrected chi connectivity index (χ2v) is 4.03. The number of aliphatic hydroxyl groups is 1. The molecular formula is C12H16F3NO. The van der Waals surface area contributed by atoms with Gasteiger partial charge in [0.15, 0.2) is 11.6 Å². The lowest BCUT2D eigenvalue weighted by molar-refractivity contribution is 0.181. The molecule has 1 atom stereocenters. The van der Waals surface area contributed by atoms with Crippen molar-refractivity contribution in [2.45, 2.75) is 32.4 Å². The zero-order valence-electron chi connectivity index (χ0n) is 9.64. The smallest absolute Gasteiger partial charge is 0.161 e. The van der Waals surface area contributed by atoms with Gasteiger partial charge >= 0.3 is 0 Å². The molecule has 5 heteroatoms. The van der Waals surface area contributed by atoms with Crippen LogP contribution in [0.15, 0.2) is 12.1 Å². The van der Waals surface area contributed by atoms with Crippen LogP contribution < -0.4 is 5.32 Å². The molecule has 0 saturated carbocycles.